The van der Waals surface area contributed by atoms with Gasteiger partial charge in [-0.3, -0.25) is 4.79 Å². The van der Waals surface area contributed by atoms with Crippen LogP contribution < -0.4 is 0 Å². The zero-order chi connectivity index (χ0) is 46.4. The second kappa shape index (κ2) is 16.4. The van der Waals surface area contributed by atoms with Crippen molar-refractivity contribution in [3.63, 3.8) is 0 Å². The van der Waals surface area contributed by atoms with Gasteiger partial charge in [0.05, 0.1) is 43.2 Å². The molecule has 0 amide bonds. The van der Waals surface area contributed by atoms with Gasteiger partial charge in [0.25, 0.3) is 0 Å². The molecule has 0 aromatic rings. The molecule has 20 heteroatoms. The molecule has 2 bridgehead atoms. The lowest BCUT2D eigenvalue weighted by Crippen LogP contribution is -2.71. The first kappa shape index (κ1) is 48.3. The highest BCUT2D eigenvalue weighted by Gasteiger charge is 2.79. The van der Waals surface area contributed by atoms with E-state index in [2.05, 4.69) is 13.8 Å². The molecule has 0 spiro atoms. The van der Waals surface area contributed by atoms with Gasteiger partial charge >= 0.3 is 5.97 Å². The van der Waals surface area contributed by atoms with Crippen LogP contribution in [0.5, 0.6) is 0 Å². The Morgan fingerprint density at radius 3 is 2.14 bits per heavy atom. The van der Waals surface area contributed by atoms with Gasteiger partial charge in [-0.15, -0.1) is 0 Å². The summed E-state index contributed by atoms with van der Waals surface area (Å²) in [5.41, 5.74) is -4.33. The van der Waals surface area contributed by atoms with E-state index in [0.29, 0.717) is 6.42 Å². The third-order valence-corrected chi connectivity index (χ3v) is 19.0. The number of carbonyl (C=O) groups excluding carboxylic acids is 1. The van der Waals surface area contributed by atoms with Crippen LogP contribution in [0, 0.1) is 40.4 Å². The monoisotopic (exact) mass is 934 g/mol. The smallest absolute Gasteiger partial charge is 0.320 e. The summed E-state index contributed by atoms with van der Waals surface area (Å²) in [7, 11) is 0. The van der Waals surface area contributed by atoms with Crippen LogP contribution in [0.15, 0.2) is 0 Å². The maximum atomic E-state index is 12.8. The third-order valence-electron chi connectivity index (χ3n) is 18.4. The molecule has 0 aromatic carbocycles. The molecule has 64 heavy (non-hydrogen) atoms. The molecule has 26 atom stereocenters. The standard InChI is InChI=1S/C44H70O19S/c1-17(22-14-41(5)39(2,3)62-44(61-22,63-41)34(53)36(54)64-7)19-8-9-20-26-21(10-11-40(19,20)4)42(6)25(46)12-18(13-43(42,55)35-33(26)60-35)57-38-32(52)30(50)28(48)24(59-38)16-56-37-31(51)29(49)27(47)23(15-45)58-37/h17-35,37-38,45-53,55H,8-16H2,1-7H3. The van der Waals surface area contributed by atoms with Crippen molar-refractivity contribution >= 4 is 16.9 Å². The summed E-state index contributed by atoms with van der Waals surface area (Å²) < 4.78 is 48.9. The highest BCUT2D eigenvalue weighted by Crippen LogP contribution is 2.73. The number of carbonyl (C=O) groups is 1. The predicted molar refractivity (Wildman–Crippen MR) is 219 cm³/mol. The molecular weight excluding hydrogens is 865 g/mol. The van der Waals surface area contributed by atoms with Crippen molar-refractivity contribution in [2.24, 2.45) is 40.4 Å². The number of thioether (sulfide) groups is 1. The summed E-state index contributed by atoms with van der Waals surface area (Å²) in [4.78, 5) is 12.8. The number of aliphatic hydroxyl groups is 10. The van der Waals surface area contributed by atoms with E-state index in [4.69, 9.17) is 37.9 Å². The van der Waals surface area contributed by atoms with Crippen molar-refractivity contribution in [1.29, 1.82) is 0 Å². The molecule has 9 fully saturated rings. The zero-order valence-electron chi connectivity index (χ0n) is 37.5. The van der Waals surface area contributed by atoms with Gasteiger partial charge in [0.1, 0.15) is 66.1 Å². The number of epoxide rings is 1. The van der Waals surface area contributed by atoms with E-state index in [0.717, 1.165) is 37.4 Å². The molecule has 9 aliphatic rings. The Balaban J connectivity index is 0.882. The van der Waals surface area contributed by atoms with E-state index in [9.17, 15) is 55.9 Å². The normalized spacial score (nSPS) is 57.2. The Morgan fingerprint density at radius 2 is 1.47 bits per heavy atom. The number of hydrogen-bond donors (Lipinski definition) is 10. The SMILES string of the molecule is CSC(=O)C(O)C12OC(C(C)C3CCC4C5C6OC6C6(O)CC(OC7OC(COC8OC(CO)C(O)C(O)C8O)C(O)C(O)C7O)CC(O)C6(C)C5CCC34C)CC(C)(O1)C(C)(C)O2. The molecule has 0 aromatic heterocycles. The Bertz CT molecular complexity index is 1760. The number of fused-ring (bicyclic) bond motifs is 10. The van der Waals surface area contributed by atoms with Gasteiger partial charge in [-0.1, -0.05) is 32.5 Å². The van der Waals surface area contributed by atoms with Crippen molar-refractivity contribution in [1.82, 2.24) is 0 Å². The van der Waals surface area contributed by atoms with Crippen LogP contribution in [0.3, 0.4) is 0 Å². The second-order valence-corrected chi connectivity index (χ2v) is 22.5. The largest absolute Gasteiger partial charge is 0.394 e. The average molecular weight is 935 g/mol. The van der Waals surface area contributed by atoms with Gasteiger partial charge in [-0.2, -0.15) is 0 Å². The van der Waals surface area contributed by atoms with Gasteiger partial charge in [0.15, 0.2) is 12.6 Å². The Morgan fingerprint density at radius 1 is 0.812 bits per heavy atom. The van der Waals surface area contributed by atoms with Crippen LogP contribution in [0.25, 0.3) is 0 Å². The van der Waals surface area contributed by atoms with E-state index >= 15 is 0 Å². The number of ether oxygens (including phenoxy) is 8. The van der Waals surface area contributed by atoms with E-state index < -0.39 is 132 Å². The Kier molecular flexibility index (Phi) is 12.4. The summed E-state index contributed by atoms with van der Waals surface area (Å²) in [6, 6.07) is 0. The highest BCUT2D eigenvalue weighted by atomic mass is 32.2. The maximum absolute atomic E-state index is 12.8. The molecule has 0 radical (unpaired) electrons. The molecule has 5 saturated heterocycles. The first-order valence-corrected chi connectivity index (χ1v) is 24.3. The van der Waals surface area contributed by atoms with Crippen LogP contribution in [0.2, 0.25) is 0 Å². The average Bonchev–Trinajstić information content (AvgIpc) is 3.95. The minimum atomic E-state index is -1.92. The molecule has 26 unspecified atom stereocenters. The fourth-order valence-corrected chi connectivity index (χ4v) is 14.6. The molecule has 366 valence electrons. The minimum absolute atomic E-state index is 0.00399. The van der Waals surface area contributed by atoms with E-state index in [1.807, 2.05) is 27.7 Å². The van der Waals surface area contributed by atoms with Gasteiger partial charge in [-0.05, 0) is 87.7 Å². The summed E-state index contributed by atoms with van der Waals surface area (Å²) in [6.45, 7) is 11.0. The maximum Gasteiger partial charge on any atom is 0.320 e. The van der Waals surface area contributed by atoms with Crippen molar-refractivity contribution in [2.75, 3.05) is 19.5 Å². The van der Waals surface area contributed by atoms with E-state index in [1.54, 1.807) is 6.26 Å². The van der Waals surface area contributed by atoms with Gasteiger partial charge in [0.2, 0.25) is 11.2 Å². The fourth-order valence-electron chi connectivity index (χ4n) is 14.2. The molecule has 9 rings (SSSR count). The summed E-state index contributed by atoms with van der Waals surface area (Å²) in [6.07, 6.45) is -15.0. The van der Waals surface area contributed by atoms with Crippen LogP contribution in [0.4, 0.5) is 0 Å². The lowest BCUT2D eigenvalue weighted by Gasteiger charge is -2.64. The van der Waals surface area contributed by atoms with Crippen molar-refractivity contribution in [2.45, 2.75) is 207 Å². The number of aliphatic hydroxyl groups excluding tert-OH is 9. The van der Waals surface area contributed by atoms with Crippen molar-refractivity contribution in [3.05, 3.63) is 0 Å². The predicted octanol–water partition coefficient (Wildman–Crippen LogP) is -1.36. The van der Waals surface area contributed by atoms with E-state index in [-0.39, 0.29) is 60.1 Å². The summed E-state index contributed by atoms with van der Waals surface area (Å²) >= 11 is 0.896. The first-order valence-electron chi connectivity index (χ1n) is 23.1. The molecule has 4 saturated carbocycles. The zero-order valence-corrected chi connectivity index (χ0v) is 38.4. The van der Waals surface area contributed by atoms with Gasteiger partial charge in [-0.25, -0.2) is 0 Å². The quantitative estimate of drug-likeness (QED) is 0.0894. The number of rotatable bonds is 10. The van der Waals surface area contributed by atoms with Crippen LogP contribution in [-0.4, -0.2) is 196 Å². The third kappa shape index (κ3) is 7.01. The minimum Gasteiger partial charge on any atom is -0.394 e. The Labute approximate surface area is 377 Å². The lowest BCUT2D eigenvalue weighted by atomic mass is 9.42. The number of hydrogen-bond acceptors (Lipinski definition) is 20. The molecule has 19 nitrogen and oxygen atoms in total. The summed E-state index contributed by atoms with van der Waals surface area (Å²) in [5.74, 6) is -1.53. The summed E-state index contributed by atoms with van der Waals surface area (Å²) in [5, 5.41) is 109. The molecular formula is C44H70O19S. The van der Waals surface area contributed by atoms with Gasteiger partial charge in [0, 0.05) is 24.7 Å². The van der Waals surface area contributed by atoms with Crippen molar-refractivity contribution < 1.29 is 93.8 Å². The lowest BCUT2D eigenvalue weighted by molar-refractivity contribution is -0.417. The van der Waals surface area contributed by atoms with Crippen molar-refractivity contribution in [3.8, 4) is 0 Å². The Hall–Kier alpha value is -0.700. The first-order chi connectivity index (χ1) is 29.9. The molecule has 5 heterocycles. The van der Waals surface area contributed by atoms with Gasteiger partial charge < -0.3 is 89.0 Å². The van der Waals surface area contributed by atoms with Crippen LogP contribution >= 0.6 is 11.8 Å². The molecule has 10 N–H and O–H groups in total. The topological polar surface area (TPSA) is 297 Å². The van der Waals surface area contributed by atoms with Crippen LogP contribution in [-0.2, 0) is 42.7 Å². The van der Waals surface area contributed by atoms with Crippen LogP contribution in [0.1, 0.15) is 86.5 Å². The molecule has 4 aliphatic carbocycles. The highest BCUT2D eigenvalue weighted by molar-refractivity contribution is 8.13. The fraction of sp³-hybridized carbons (Fsp3) is 0.977. The van der Waals surface area contributed by atoms with E-state index in [1.165, 1.54) is 0 Å². The molecule has 5 aliphatic heterocycles. The second-order valence-electron chi connectivity index (χ2n) is 21.7.